The van der Waals surface area contributed by atoms with Gasteiger partial charge in [0.2, 0.25) is 0 Å². The number of aryl methyl sites for hydroxylation is 1. The summed E-state index contributed by atoms with van der Waals surface area (Å²) in [5, 5.41) is 2.82. The Kier molecular flexibility index (Phi) is 6.57. The summed E-state index contributed by atoms with van der Waals surface area (Å²) in [7, 11) is 2.46. The van der Waals surface area contributed by atoms with Crippen LogP contribution in [0.4, 0.5) is 5.69 Å². The molecule has 0 bridgehead atoms. The molecule has 0 aliphatic carbocycles. The first-order valence-corrected chi connectivity index (χ1v) is 8.46. The maximum atomic E-state index is 12.4. The van der Waals surface area contributed by atoms with Crippen LogP contribution in [0.3, 0.4) is 0 Å². The van der Waals surface area contributed by atoms with E-state index in [0.717, 1.165) is 5.56 Å². The van der Waals surface area contributed by atoms with Gasteiger partial charge in [-0.15, -0.1) is 0 Å². The van der Waals surface area contributed by atoms with Gasteiger partial charge in [-0.1, -0.05) is 6.07 Å². The Morgan fingerprint density at radius 1 is 1.15 bits per heavy atom. The molecular weight excluding hydrogens is 352 g/mol. The maximum absolute atomic E-state index is 12.4. The highest BCUT2D eigenvalue weighted by molar-refractivity contribution is 6.04. The van der Waals surface area contributed by atoms with Crippen molar-refractivity contribution in [2.24, 2.45) is 0 Å². The zero-order chi connectivity index (χ0) is 20.1. The van der Waals surface area contributed by atoms with Crippen molar-refractivity contribution in [1.29, 1.82) is 0 Å². The Balaban J connectivity index is 2.55. The number of esters is 2. The molecule has 0 spiro atoms. The molecule has 0 aromatic heterocycles. The van der Waals surface area contributed by atoms with Gasteiger partial charge < -0.3 is 24.4 Å². The second-order valence-electron chi connectivity index (χ2n) is 6.35. The average molecular weight is 376 g/mol. The summed E-state index contributed by atoms with van der Waals surface area (Å²) in [6, 6.07) is 5.10. The van der Waals surface area contributed by atoms with Crippen molar-refractivity contribution >= 4 is 23.5 Å². The molecule has 2 rings (SSSR count). The lowest BCUT2D eigenvalue weighted by atomic mass is 10.1. The highest BCUT2D eigenvalue weighted by Gasteiger charge is 2.33. The van der Waals surface area contributed by atoms with Crippen LogP contribution in [-0.2, 0) is 23.8 Å². The van der Waals surface area contributed by atoms with Crippen LogP contribution in [0, 0.1) is 6.92 Å². The SMILES string of the molecule is COC(=O)C1=C(C(=O)OC)N(c2cc(C(=O)NC(C)C)ccc2C)COC1. The average Bonchev–Trinajstić information content (AvgIpc) is 2.65. The number of carbonyl (C=O) groups excluding carboxylic acids is 3. The van der Waals surface area contributed by atoms with Gasteiger partial charge >= 0.3 is 11.9 Å². The van der Waals surface area contributed by atoms with Gasteiger partial charge in [0.25, 0.3) is 5.91 Å². The quantitative estimate of drug-likeness (QED) is 0.779. The molecule has 8 nitrogen and oxygen atoms in total. The predicted octanol–water partition coefficient (Wildman–Crippen LogP) is 1.53. The molecule has 1 aliphatic rings. The first-order chi connectivity index (χ1) is 12.8. The van der Waals surface area contributed by atoms with Gasteiger partial charge in [-0.3, -0.25) is 4.79 Å². The predicted molar refractivity (Wildman–Crippen MR) is 98.1 cm³/mol. The van der Waals surface area contributed by atoms with Gasteiger partial charge in [-0.05, 0) is 38.5 Å². The van der Waals surface area contributed by atoms with Gasteiger partial charge in [0.05, 0.1) is 26.4 Å². The molecule has 0 unspecified atom stereocenters. The van der Waals surface area contributed by atoms with Crippen molar-refractivity contribution in [3.05, 3.63) is 40.6 Å². The molecule has 27 heavy (non-hydrogen) atoms. The fourth-order valence-corrected chi connectivity index (χ4v) is 2.72. The van der Waals surface area contributed by atoms with E-state index < -0.39 is 11.9 Å². The van der Waals surface area contributed by atoms with Crippen LogP contribution in [0.1, 0.15) is 29.8 Å². The summed E-state index contributed by atoms with van der Waals surface area (Å²) >= 11 is 0. The standard InChI is InChI=1S/C19H24N2O6/c1-11(2)20-17(22)13-7-6-12(3)15(8-13)21-10-27-9-14(18(23)25-4)16(21)19(24)26-5/h6-8,11H,9-10H2,1-5H3,(H,20,22). The first-order valence-electron chi connectivity index (χ1n) is 8.46. The van der Waals surface area contributed by atoms with E-state index in [1.54, 1.807) is 18.2 Å². The molecule has 0 saturated heterocycles. The van der Waals surface area contributed by atoms with Gasteiger partial charge in [-0.25, -0.2) is 9.59 Å². The van der Waals surface area contributed by atoms with Gasteiger partial charge in [0.15, 0.2) is 0 Å². The Labute approximate surface area is 158 Å². The van der Waals surface area contributed by atoms with E-state index in [2.05, 4.69) is 5.32 Å². The highest BCUT2D eigenvalue weighted by atomic mass is 16.5. The van der Waals surface area contributed by atoms with E-state index in [1.165, 1.54) is 19.1 Å². The molecule has 146 valence electrons. The topological polar surface area (TPSA) is 94.2 Å². The summed E-state index contributed by atoms with van der Waals surface area (Å²) in [4.78, 5) is 38.4. The number of anilines is 1. The third-order valence-corrected chi connectivity index (χ3v) is 4.01. The maximum Gasteiger partial charge on any atom is 0.355 e. The van der Waals surface area contributed by atoms with Crippen LogP contribution in [0.25, 0.3) is 0 Å². The Hall–Kier alpha value is -2.87. The molecule has 1 aromatic rings. The number of hydrogen-bond donors (Lipinski definition) is 1. The second-order valence-corrected chi connectivity index (χ2v) is 6.35. The molecule has 8 heteroatoms. The summed E-state index contributed by atoms with van der Waals surface area (Å²) in [5.74, 6) is -1.59. The van der Waals surface area contributed by atoms with E-state index in [1.807, 2.05) is 20.8 Å². The van der Waals surface area contributed by atoms with E-state index >= 15 is 0 Å². The van der Waals surface area contributed by atoms with Crippen LogP contribution in [-0.4, -0.2) is 51.4 Å². The molecule has 1 N–H and O–H groups in total. The van der Waals surface area contributed by atoms with Crippen molar-refractivity contribution in [3.8, 4) is 0 Å². The molecule has 0 radical (unpaired) electrons. The largest absolute Gasteiger partial charge is 0.466 e. The molecule has 1 aliphatic heterocycles. The monoisotopic (exact) mass is 376 g/mol. The molecule has 0 fully saturated rings. The summed E-state index contributed by atoms with van der Waals surface area (Å²) in [6.45, 7) is 5.53. The zero-order valence-corrected chi connectivity index (χ0v) is 16.1. The summed E-state index contributed by atoms with van der Waals surface area (Å²) < 4.78 is 15.1. The molecular formula is C19H24N2O6. The summed E-state index contributed by atoms with van der Waals surface area (Å²) in [5.41, 5.74) is 1.89. The van der Waals surface area contributed by atoms with Crippen molar-refractivity contribution in [2.75, 3.05) is 32.5 Å². The molecule has 0 saturated carbocycles. The lowest BCUT2D eigenvalue weighted by molar-refractivity contribution is -0.140. The number of nitrogens with one attached hydrogen (secondary N) is 1. The van der Waals surface area contributed by atoms with Crippen molar-refractivity contribution in [2.45, 2.75) is 26.8 Å². The Morgan fingerprint density at radius 3 is 2.41 bits per heavy atom. The lowest BCUT2D eigenvalue weighted by Crippen LogP contribution is -2.39. The Bertz CT molecular complexity index is 784. The van der Waals surface area contributed by atoms with E-state index in [9.17, 15) is 14.4 Å². The number of rotatable bonds is 5. The normalized spacial score (nSPS) is 14.2. The minimum Gasteiger partial charge on any atom is -0.466 e. The van der Waals surface area contributed by atoms with Crippen LogP contribution in [0.5, 0.6) is 0 Å². The van der Waals surface area contributed by atoms with Crippen LogP contribution in [0.15, 0.2) is 29.5 Å². The van der Waals surface area contributed by atoms with E-state index in [0.29, 0.717) is 11.3 Å². The highest BCUT2D eigenvalue weighted by Crippen LogP contribution is 2.30. The van der Waals surface area contributed by atoms with Gasteiger partial charge in [0, 0.05) is 17.3 Å². The lowest BCUT2D eigenvalue weighted by Gasteiger charge is -2.32. The van der Waals surface area contributed by atoms with Gasteiger partial charge in [-0.2, -0.15) is 0 Å². The number of amides is 1. The fraction of sp³-hybridized carbons (Fsp3) is 0.421. The van der Waals surface area contributed by atoms with Crippen LogP contribution < -0.4 is 10.2 Å². The number of benzene rings is 1. The number of nitrogens with zero attached hydrogens (tertiary/aromatic N) is 1. The Morgan fingerprint density at radius 2 is 1.81 bits per heavy atom. The number of ether oxygens (including phenoxy) is 3. The molecule has 0 atom stereocenters. The molecule has 1 heterocycles. The molecule has 1 aromatic carbocycles. The van der Waals surface area contributed by atoms with Crippen molar-refractivity contribution in [1.82, 2.24) is 5.32 Å². The number of carbonyl (C=O) groups is 3. The third-order valence-electron chi connectivity index (χ3n) is 4.01. The molecule has 1 amide bonds. The van der Waals surface area contributed by atoms with Crippen molar-refractivity contribution < 1.29 is 28.6 Å². The summed E-state index contributed by atoms with van der Waals surface area (Å²) in [6.07, 6.45) is 0. The third kappa shape index (κ3) is 4.46. The minimum atomic E-state index is -0.685. The number of hydrogen-bond acceptors (Lipinski definition) is 7. The van der Waals surface area contributed by atoms with E-state index in [-0.39, 0.29) is 36.6 Å². The second kappa shape index (κ2) is 8.68. The van der Waals surface area contributed by atoms with Crippen LogP contribution >= 0.6 is 0 Å². The fourth-order valence-electron chi connectivity index (χ4n) is 2.72. The van der Waals surface area contributed by atoms with Crippen LogP contribution in [0.2, 0.25) is 0 Å². The minimum absolute atomic E-state index is 0.0166. The van der Waals surface area contributed by atoms with Crippen molar-refractivity contribution in [3.63, 3.8) is 0 Å². The smallest absolute Gasteiger partial charge is 0.355 e. The number of methoxy groups -OCH3 is 2. The van der Waals surface area contributed by atoms with E-state index in [4.69, 9.17) is 14.2 Å². The van der Waals surface area contributed by atoms with Gasteiger partial charge in [0.1, 0.15) is 12.4 Å². The first kappa shape index (κ1) is 20.4. The zero-order valence-electron chi connectivity index (χ0n) is 16.1.